The number of sulfonamides is 1. The van der Waals surface area contributed by atoms with E-state index < -0.39 is 10.0 Å². The van der Waals surface area contributed by atoms with Crippen LogP contribution in [0, 0.1) is 6.92 Å². The minimum atomic E-state index is -3.63. The van der Waals surface area contributed by atoms with Crippen molar-refractivity contribution >= 4 is 27.5 Å². The van der Waals surface area contributed by atoms with Crippen LogP contribution in [0.2, 0.25) is 0 Å². The number of nitrogens with zero attached hydrogens (tertiary/aromatic N) is 1. The van der Waals surface area contributed by atoms with Crippen LogP contribution in [-0.4, -0.2) is 51.3 Å². The zero-order valence-electron chi connectivity index (χ0n) is 19.1. The standard InChI is InChI=1S/C24H31N3O5S/c1-18-11-12-19(17-22(18)33(30,31)27-15-7-3-4-8-16-27)26-23(28)13-14-25-24(29)20-9-5-6-10-21(20)32-2/h5-6,9-12,17H,3-4,7-8,13-16H2,1-2H3,(H,25,29)(H,26,28). The van der Waals surface area contributed by atoms with Crippen molar-refractivity contribution in [3.63, 3.8) is 0 Å². The Bertz CT molecular complexity index is 1090. The van der Waals surface area contributed by atoms with Gasteiger partial charge in [-0.15, -0.1) is 0 Å². The molecule has 0 unspecified atom stereocenters. The Morgan fingerprint density at radius 1 is 1.03 bits per heavy atom. The molecule has 33 heavy (non-hydrogen) atoms. The number of carbonyl (C=O) groups excluding carboxylic acids is 2. The van der Waals surface area contributed by atoms with Gasteiger partial charge < -0.3 is 15.4 Å². The first kappa shape index (κ1) is 24.7. The number of anilines is 1. The predicted molar refractivity (Wildman–Crippen MR) is 127 cm³/mol. The second-order valence-electron chi connectivity index (χ2n) is 8.05. The topological polar surface area (TPSA) is 105 Å². The Morgan fingerprint density at radius 2 is 1.73 bits per heavy atom. The number of benzene rings is 2. The minimum Gasteiger partial charge on any atom is -0.496 e. The van der Waals surface area contributed by atoms with Gasteiger partial charge in [0, 0.05) is 31.7 Å². The molecule has 1 heterocycles. The lowest BCUT2D eigenvalue weighted by molar-refractivity contribution is -0.116. The van der Waals surface area contributed by atoms with E-state index in [0.29, 0.717) is 35.7 Å². The number of carbonyl (C=O) groups is 2. The largest absolute Gasteiger partial charge is 0.496 e. The number of methoxy groups -OCH3 is 1. The van der Waals surface area contributed by atoms with Crippen LogP contribution in [-0.2, 0) is 14.8 Å². The van der Waals surface area contributed by atoms with Crippen LogP contribution >= 0.6 is 0 Å². The van der Waals surface area contributed by atoms with Gasteiger partial charge >= 0.3 is 0 Å². The van der Waals surface area contributed by atoms with Gasteiger partial charge in [0.15, 0.2) is 0 Å². The fraction of sp³-hybridized carbons (Fsp3) is 0.417. The molecule has 0 aliphatic carbocycles. The normalized spacial score (nSPS) is 14.8. The number of hydrogen-bond acceptors (Lipinski definition) is 5. The molecule has 0 radical (unpaired) electrons. The maximum Gasteiger partial charge on any atom is 0.255 e. The third-order valence-electron chi connectivity index (χ3n) is 5.64. The van der Waals surface area contributed by atoms with Crippen LogP contribution in [0.25, 0.3) is 0 Å². The summed E-state index contributed by atoms with van der Waals surface area (Å²) in [5.41, 5.74) is 1.44. The van der Waals surface area contributed by atoms with Gasteiger partial charge in [0.05, 0.1) is 17.6 Å². The van der Waals surface area contributed by atoms with Gasteiger partial charge in [-0.05, 0) is 49.6 Å². The highest BCUT2D eigenvalue weighted by molar-refractivity contribution is 7.89. The lowest BCUT2D eigenvalue weighted by Crippen LogP contribution is -2.32. The highest BCUT2D eigenvalue weighted by Gasteiger charge is 2.27. The molecule has 3 rings (SSSR count). The number of amides is 2. The lowest BCUT2D eigenvalue weighted by Gasteiger charge is -2.21. The Balaban J connectivity index is 1.60. The number of para-hydroxylation sites is 1. The van der Waals surface area contributed by atoms with Crippen LogP contribution in [0.1, 0.15) is 48.0 Å². The molecule has 1 fully saturated rings. The molecule has 178 valence electrons. The molecule has 0 aromatic heterocycles. The molecule has 0 bridgehead atoms. The van der Waals surface area contributed by atoms with Crippen molar-refractivity contribution in [2.24, 2.45) is 0 Å². The van der Waals surface area contributed by atoms with Gasteiger partial charge in [0.25, 0.3) is 5.91 Å². The molecule has 1 saturated heterocycles. The van der Waals surface area contributed by atoms with Gasteiger partial charge in [0.1, 0.15) is 5.75 Å². The fourth-order valence-electron chi connectivity index (χ4n) is 3.82. The molecule has 0 atom stereocenters. The Morgan fingerprint density at radius 3 is 2.42 bits per heavy atom. The van der Waals surface area contributed by atoms with Crippen molar-refractivity contribution in [1.82, 2.24) is 9.62 Å². The van der Waals surface area contributed by atoms with E-state index in [2.05, 4.69) is 10.6 Å². The second kappa shape index (κ2) is 11.3. The third kappa shape index (κ3) is 6.33. The van der Waals surface area contributed by atoms with E-state index in [9.17, 15) is 18.0 Å². The number of hydrogen-bond donors (Lipinski definition) is 2. The maximum atomic E-state index is 13.2. The Hall–Kier alpha value is -2.91. The molecular weight excluding hydrogens is 442 g/mol. The lowest BCUT2D eigenvalue weighted by atomic mass is 10.2. The van der Waals surface area contributed by atoms with Gasteiger partial charge in [-0.1, -0.05) is 31.0 Å². The van der Waals surface area contributed by atoms with Crippen LogP contribution in [0.3, 0.4) is 0 Å². The van der Waals surface area contributed by atoms with Crippen LogP contribution in [0.15, 0.2) is 47.4 Å². The van der Waals surface area contributed by atoms with Crippen molar-refractivity contribution in [3.8, 4) is 5.75 Å². The summed E-state index contributed by atoms with van der Waals surface area (Å²) in [5, 5.41) is 5.44. The molecule has 2 aromatic carbocycles. The molecule has 2 N–H and O–H groups in total. The summed E-state index contributed by atoms with van der Waals surface area (Å²) in [5.74, 6) is -0.198. The highest BCUT2D eigenvalue weighted by Crippen LogP contribution is 2.26. The van der Waals surface area contributed by atoms with E-state index >= 15 is 0 Å². The highest BCUT2D eigenvalue weighted by atomic mass is 32.2. The first-order valence-corrected chi connectivity index (χ1v) is 12.6. The van der Waals surface area contributed by atoms with Crippen molar-refractivity contribution in [2.45, 2.75) is 43.9 Å². The van der Waals surface area contributed by atoms with Crippen molar-refractivity contribution in [2.75, 3.05) is 32.1 Å². The molecule has 0 spiro atoms. The summed E-state index contributed by atoms with van der Waals surface area (Å²) in [6.07, 6.45) is 3.83. The molecule has 2 aromatic rings. The number of nitrogens with one attached hydrogen (secondary N) is 2. The molecule has 8 nitrogen and oxygen atoms in total. The van der Waals surface area contributed by atoms with Gasteiger partial charge in [-0.25, -0.2) is 8.42 Å². The van der Waals surface area contributed by atoms with E-state index in [4.69, 9.17) is 4.74 Å². The number of rotatable bonds is 8. The summed E-state index contributed by atoms with van der Waals surface area (Å²) >= 11 is 0. The summed E-state index contributed by atoms with van der Waals surface area (Å²) in [6, 6.07) is 11.7. The Labute approximate surface area is 195 Å². The van der Waals surface area contributed by atoms with Crippen molar-refractivity contribution in [3.05, 3.63) is 53.6 Å². The molecule has 0 saturated carbocycles. The van der Waals surface area contributed by atoms with Gasteiger partial charge in [-0.3, -0.25) is 9.59 Å². The third-order valence-corrected chi connectivity index (χ3v) is 7.68. The molecule has 2 amide bonds. The Kier molecular flexibility index (Phi) is 8.46. The first-order chi connectivity index (χ1) is 15.8. The van der Waals surface area contributed by atoms with Gasteiger partial charge in [-0.2, -0.15) is 4.31 Å². The maximum absolute atomic E-state index is 13.2. The summed E-state index contributed by atoms with van der Waals surface area (Å²) in [7, 11) is -2.14. The minimum absolute atomic E-state index is 0.0446. The van der Waals surface area contributed by atoms with E-state index in [-0.39, 0.29) is 29.7 Å². The van der Waals surface area contributed by atoms with Crippen LogP contribution in [0.4, 0.5) is 5.69 Å². The van der Waals surface area contributed by atoms with Crippen molar-refractivity contribution in [1.29, 1.82) is 0 Å². The SMILES string of the molecule is COc1ccccc1C(=O)NCCC(=O)Nc1ccc(C)c(S(=O)(=O)N2CCCCCC2)c1. The van der Waals surface area contributed by atoms with Crippen LogP contribution in [0.5, 0.6) is 5.75 Å². The second-order valence-corrected chi connectivity index (χ2v) is 9.96. The fourth-order valence-corrected chi connectivity index (χ4v) is 5.59. The molecule has 1 aliphatic heterocycles. The van der Waals surface area contributed by atoms with Crippen molar-refractivity contribution < 1.29 is 22.7 Å². The number of aryl methyl sites for hydroxylation is 1. The molecule has 1 aliphatic rings. The quantitative estimate of drug-likeness (QED) is 0.612. The average Bonchev–Trinajstić information content (AvgIpc) is 3.10. The van der Waals surface area contributed by atoms with E-state index in [1.54, 1.807) is 47.6 Å². The summed E-state index contributed by atoms with van der Waals surface area (Å²) in [4.78, 5) is 25.0. The molecule has 9 heteroatoms. The summed E-state index contributed by atoms with van der Waals surface area (Å²) in [6.45, 7) is 2.92. The van der Waals surface area contributed by atoms with Gasteiger partial charge in [0.2, 0.25) is 15.9 Å². The zero-order chi connectivity index (χ0) is 23.8. The van der Waals surface area contributed by atoms with E-state index in [1.165, 1.54) is 13.2 Å². The first-order valence-electron chi connectivity index (χ1n) is 11.1. The molecular formula is C24H31N3O5S. The van der Waals surface area contributed by atoms with E-state index in [1.807, 2.05) is 0 Å². The summed E-state index contributed by atoms with van der Waals surface area (Å²) < 4.78 is 33.1. The van der Waals surface area contributed by atoms with E-state index in [0.717, 1.165) is 25.7 Å². The zero-order valence-corrected chi connectivity index (χ0v) is 19.9. The smallest absolute Gasteiger partial charge is 0.255 e. The number of ether oxygens (including phenoxy) is 1. The average molecular weight is 474 g/mol. The predicted octanol–water partition coefficient (Wildman–Crippen LogP) is 3.33. The van der Waals surface area contributed by atoms with Crippen LogP contribution < -0.4 is 15.4 Å². The monoisotopic (exact) mass is 473 g/mol.